The molecule has 0 aliphatic heterocycles. The molecule has 1 amide bonds. The lowest BCUT2D eigenvalue weighted by Crippen LogP contribution is -2.45. The lowest BCUT2D eigenvalue weighted by atomic mass is 9.79. The molecule has 0 fully saturated rings. The highest BCUT2D eigenvalue weighted by Crippen LogP contribution is 2.31. The SMILES string of the molecule is CCN(CC(C)(C)O)C(=O)CC(CC)(CC)C(=O)O. The zero-order valence-corrected chi connectivity index (χ0v) is 12.7. The Hall–Kier alpha value is -1.10. The number of carbonyl (C=O) groups excluding carboxylic acids is 1. The normalized spacial score (nSPS) is 12.3. The first-order valence-corrected chi connectivity index (χ1v) is 6.85. The summed E-state index contributed by atoms with van der Waals surface area (Å²) in [5.74, 6) is -1.14. The molecule has 0 rings (SSSR count). The van der Waals surface area contributed by atoms with E-state index in [1.54, 1.807) is 27.7 Å². The Morgan fingerprint density at radius 3 is 1.84 bits per heavy atom. The Labute approximate surface area is 115 Å². The molecule has 0 unspecified atom stereocenters. The van der Waals surface area contributed by atoms with Gasteiger partial charge in [-0.25, -0.2) is 0 Å². The van der Waals surface area contributed by atoms with Crippen LogP contribution in [-0.4, -0.2) is 45.7 Å². The lowest BCUT2D eigenvalue weighted by Gasteiger charge is -2.32. The van der Waals surface area contributed by atoms with Crippen molar-refractivity contribution in [1.82, 2.24) is 4.90 Å². The number of hydrogen-bond acceptors (Lipinski definition) is 3. The van der Waals surface area contributed by atoms with E-state index in [0.717, 1.165) is 0 Å². The van der Waals surface area contributed by atoms with E-state index in [2.05, 4.69) is 0 Å². The molecule has 0 bridgehead atoms. The van der Waals surface area contributed by atoms with Crippen molar-refractivity contribution in [3.63, 3.8) is 0 Å². The number of carboxylic acids is 1. The fourth-order valence-corrected chi connectivity index (χ4v) is 2.12. The second kappa shape index (κ2) is 6.89. The van der Waals surface area contributed by atoms with E-state index in [9.17, 15) is 19.8 Å². The smallest absolute Gasteiger partial charge is 0.310 e. The average molecular weight is 273 g/mol. The van der Waals surface area contributed by atoms with E-state index in [1.165, 1.54) is 4.90 Å². The number of aliphatic hydroxyl groups is 1. The number of amides is 1. The molecular formula is C14H27NO4. The van der Waals surface area contributed by atoms with E-state index in [0.29, 0.717) is 19.4 Å². The molecule has 5 nitrogen and oxygen atoms in total. The minimum atomic E-state index is -0.996. The molecule has 0 spiro atoms. The van der Waals surface area contributed by atoms with Crippen molar-refractivity contribution in [2.75, 3.05) is 13.1 Å². The van der Waals surface area contributed by atoms with Gasteiger partial charge in [0, 0.05) is 19.5 Å². The standard InChI is InChI=1S/C14H27NO4/c1-6-14(7-2,12(17)18)9-11(16)15(8-3)10-13(4,5)19/h19H,6-10H2,1-5H3,(H,17,18). The van der Waals surface area contributed by atoms with Gasteiger partial charge in [0.2, 0.25) is 5.91 Å². The Morgan fingerprint density at radius 2 is 1.58 bits per heavy atom. The highest BCUT2D eigenvalue weighted by atomic mass is 16.4. The van der Waals surface area contributed by atoms with Crippen LogP contribution >= 0.6 is 0 Å². The number of nitrogens with zero attached hydrogens (tertiary/aromatic N) is 1. The third-order valence-corrected chi connectivity index (χ3v) is 3.61. The predicted octanol–water partition coefficient (Wildman–Crippen LogP) is 1.89. The molecule has 0 saturated heterocycles. The average Bonchev–Trinajstić information content (AvgIpc) is 2.31. The van der Waals surface area contributed by atoms with Crippen LogP contribution in [0.2, 0.25) is 0 Å². The molecule has 5 heteroatoms. The van der Waals surface area contributed by atoms with Gasteiger partial charge in [0.25, 0.3) is 0 Å². The van der Waals surface area contributed by atoms with Gasteiger partial charge in [-0.1, -0.05) is 13.8 Å². The summed E-state index contributed by atoms with van der Waals surface area (Å²) in [4.78, 5) is 25.2. The van der Waals surface area contributed by atoms with Crippen molar-refractivity contribution < 1.29 is 19.8 Å². The maximum absolute atomic E-state index is 12.2. The molecule has 0 heterocycles. The van der Waals surface area contributed by atoms with Crippen LogP contribution in [0.25, 0.3) is 0 Å². The summed E-state index contributed by atoms with van der Waals surface area (Å²) < 4.78 is 0. The topological polar surface area (TPSA) is 77.8 Å². The Balaban J connectivity index is 4.94. The van der Waals surface area contributed by atoms with Crippen LogP contribution in [0.3, 0.4) is 0 Å². The van der Waals surface area contributed by atoms with Crippen LogP contribution in [0.1, 0.15) is 53.9 Å². The van der Waals surface area contributed by atoms with Gasteiger partial charge < -0.3 is 15.1 Å². The first kappa shape index (κ1) is 17.9. The molecule has 2 N–H and O–H groups in total. The number of likely N-dealkylation sites (N-methyl/N-ethyl adjacent to an activating group) is 1. The van der Waals surface area contributed by atoms with E-state index in [4.69, 9.17) is 0 Å². The molecule has 0 aromatic heterocycles. The van der Waals surface area contributed by atoms with Crippen molar-refractivity contribution in [2.24, 2.45) is 5.41 Å². The third-order valence-electron chi connectivity index (χ3n) is 3.61. The van der Waals surface area contributed by atoms with Crippen molar-refractivity contribution in [1.29, 1.82) is 0 Å². The van der Waals surface area contributed by atoms with Gasteiger partial charge in [0.1, 0.15) is 0 Å². The third kappa shape index (κ3) is 5.19. The van der Waals surface area contributed by atoms with Gasteiger partial charge in [-0.2, -0.15) is 0 Å². The highest BCUT2D eigenvalue weighted by molar-refractivity contribution is 5.85. The Morgan fingerprint density at radius 1 is 1.11 bits per heavy atom. The van der Waals surface area contributed by atoms with E-state index in [1.807, 2.05) is 6.92 Å². The minimum absolute atomic E-state index is 0.0146. The van der Waals surface area contributed by atoms with Crippen molar-refractivity contribution in [3.05, 3.63) is 0 Å². The molecular weight excluding hydrogens is 246 g/mol. The fourth-order valence-electron chi connectivity index (χ4n) is 2.12. The van der Waals surface area contributed by atoms with Crippen molar-refractivity contribution in [3.8, 4) is 0 Å². The fraction of sp³-hybridized carbons (Fsp3) is 0.857. The zero-order valence-electron chi connectivity index (χ0n) is 12.7. The number of carboxylic acid groups (broad SMARTS) is 1. The van der Waals surface area contributed by atoms with Crippen LogP contribution in [0.15, 0.2) is 0 Å². The van der Waals surface area contributed by atoms with Gasteiger partial charge in [-0.3, -0.25) is 9.59 Å². The molecule has 0 aromatic carbocycles. The summed E-state index contributed by atoms with van der Waals surface area (Å²) in [6.45, 7) is 9.34. The molecule has 0 aromatic rings. The number of aliphatic carboxylic acids is 1. The molecule has 0 aliphatic rings. The number of hydrogen-bond donors (Lipinski definition) is 2. The highest BCUT2D eigenvalue weighted by Gasteiger charge is 2.38. The van der Waals surface area contributed by atoms with Crippen molar-refractivity contribution >= 4 is 11.9 Å². The van der Waals surface area contributed by atoms with Gasteiger partial charge in [0.05, 0.1) is 11.0 Å². The van der Waals surface area contributed by atoms with Gasteiger partial charge in [-0.15, -0.1) is 0 Å². The summed E-state index contributed by atoms with van der Waals surface area (Å²) in [7, 11) is 0. The summed E-state index contributed by atoms with van der Waals surface area (Å²) in [6.07, 6.45) is 0.828. The van der Waals surface area contributed by atoms with Crippen LogP contribution in [0.4, 0.5) is 0 Å². The number of rotatable bonds is 8. The lowest BCUT2D eigenvalue weighted by molar-refractivity contribution is -0.154. The van der Waals surface area contributed by atoms with Gasteiger partial charge in [-0.05, 0) is 33.6 Å². The maximum Gasteiger partial charge on any atom is 0.310 e. The summed E-state index contributed by atoms with van der Waals surface area (Å²) >= 11 is 0. The minimum Gasteiger partial charge on any atom is -0.481 e. The quantitative estimate of drug-likeness (QED) is 0.708. The van der Waals surface area contributed by atoms with Gasteiger partial charge >= 0.3 is 5.97 Å². The van der Waals surface area contributed by atoms with E-state index < -0.39 is 17.0 Å². The molecule has 0 aliphatic carbocycles. The molecule has 0 atom stereocenters. The molecule has 112 valence electrons. The molecule has 19 heavy (non-hydrogen) atoms. The maximum atomic E-state index is 12.2. The Bertz CT molecular complexity index is 316. The van der Waals surface area contributed by atoms with Crippen LogP contribution in [0, 0.1) is 5.41 Å². The molecule has 0 radical (unpaired) electrons. The number of carbonyl (C=O) groups is 2. The van der Waals surface area contributed by atoms with Crippen molar-refractivity contribution in [2.45, 2.75) is 59.5 Å². The first-order chi connectivity index (χ1) is 8.61. The summed E-state index contributed by atoms with van der Waals surface area (Å²) in [6, 6.07) is 0. The Kier molecular flexibility index (Phi) is 6.49. The summed E-state index contributed by atoms with van der Waals surface area (Å²) in [5.41, 5.74) is -1.97. The first-order valence-electron chi connectivity index (χ1n) is 6.85. The molecule has 0 saturated carbocycles. The van der Waals surface area contributed by atoms with Crippen LogP contribution in [0.5, 0.6) is 0 Å². The second-order valence-electron chi connectivity index (χ2n) is 5.69. The zero-order chi connectivity index (χ0) is 15.3. The predicted molar refractivity (Wildman–Crippen MR) is 73.8 cm³/mol. The largest absolute Gasteiger partial charge is 0.481 e. The van der Waals surface area contributed by atoms with E-state index in [-0.39, 0.29) is 18.9 Å². The van der Waals surface area contributed by atoms with Crippen LogP contribution < -0.4 is 0 Å². The van der Waals surface area contributed by atoms with Gasteiger partial charge in [0.15, 0.2) is 0 Å². The van der Waals surface area contributed by atoms with E-state index >= 15 is 0 Å². The monoisotopic (exact) mass is 273 g/mol. The summed E-state index contributed by atoms with van der Waals surface area (Å²) in [5, 5.41) is 19.1. The second-order valence-corrected chi connectivity index (χ2v) is 5.69. The van der Waals surface area contributed by atoms with Crippen LogP contribution in [-0.2, 0) is 9.59 Å².